The van der Waals surface area contributed by atoms with Gasteiger partial charge in [0.2, 0.25) is 11.7 Å². The predicted octanol–water partition coefficient (Wildman–Crippen LogP) is 6.12. The molecule has 2 atom stereocenters. The number of hydrogen-bond acceptors (Lipinski definition) is 12. The number of aromatic nitrogens is 2. The van der Waals surface area contributed by atoms with Gasteiger partial charge in [-0.3, -0.25) is 19.2 Å². The lowest BCUT2D eigenvalue weighted by Gasteiger charge is -2.23. The number of hydrogen-bond donors (Lipinski definition) is 3. The van der Waals surface area contributed by atoms with E-state index in [-0.39, 0.29) is 36.4 Å². The molecule has 2 amide bonds. The molecule has 2 saturated carbocycles. The van der Waals surface area contributed by atoms with Gasteiger partial charge in [-0.05, 0) is 66.2 Å². The summed E-state index contributed by atoms with van der Waals surface area (Å²) in [6.45, 7) is 10.8. The Morgan fingerprint density at radius 3 is 1.70 bits per heavy atom. The molecule has 6 N–H and O–H groups in total. The second-order valence-corrected chi connectivity index (χ2v) is 16.4. The Morgan fingerprint density at radius 1 is 0.755 bits per heavy atom. The molecule has 53 heavy (non-hydrogen) atoms. The molecule has 0 radical (unpaired) electrons. The number of nitrogens with zero attached hydrogens (tertiary/aromatic N) is 3. The van der Waals surface area contributed by atoms with Gasteiger partial charge in [0.25, 0.3) is 17.6 Å². The summed E-state index contributed by atoms with van der Waals surface area (Å²) >= 11 is 0. The number of primary amides is 2. The maximum Gasteiger partial charge on any atom is 0.338 e. The molecule has 15 nitrogen and oxygen atoms in total. The van der Waals surface area contributed by atoms with Gasteiger partial charge in [0.05, 0.1) is 18.8 Å². The molecule has 0 aromatic carbocycles. The SMILES string of the molecule is CC(C)(C)OC(=O)C[C@@H](CCCC1CCCCC1)C(=O)O/N=C(\N)C(N)=O.CC(C)(C)OC(=O)C[C@@H](CCCC1CCCCC1)c1nc(C(N)=O)no1. The van der Waals surface area contributed by atoms with E-state index in [2.05, 4.69) is 15.3 Å². The number of oxime groups is 1. The fraction of sp³-hybridized carbons (Fsp3) is 0.789. The second kappa shape index (κ2) is 22.2. The quantitative estimate of drug-likeness (QED) is 0.0569. The number of nitrogens with two attached hydrogens (primary N) is 3. The highest BCUT2D eigenvalue weighted by Gasteiger charge is 2.29. The molecular formula is C38H64N6O9. The zero-order valence-corrected chi connectivity index (χ0v) is 32.8. The molecule has 0 spiro atoms. The van der Waals surface area contributed by atoms with E-state index in [1.165, 1.54) is 64.2 Å². The first-order chi connectivity index (χ1) is 24.8. The third kappa shape index (κ3) is 19.6. The van der Waals surface area contributed by atoms with Crippen molar-refractivity contribution in [3.63, 3.8) is 0 Å². The summed E-state index contributed by atoms with van der Waals surface area (Å²) in [6, 6.07) is 0. The smallest absolute Gasteiger partial charge is 0.338 e. The monoisotopic (exact) mass is 748 g/mol. The van der Waals surface area contributed by atoms with Gasteiger partial charge in [-0.15, -0.1) is 0 Å². The fourth-order valence-corrected chi connectivity index (χ4v) is 6.76. The lowest BCUT2D eigenvalue weighted by Crippen LogP contribution is -2.32. The Kier molecular flexibility index (Phi) is 18.9. The second-order valence-electron chi connectivity index (χ2n) is 16.4. The van der Waals surface area contributed by atoms with E-state index < -0.39 is 46.7 Å². The van der Waals surface area contributed by atoms with Crippen LogP contribution in [0.3, 0.4) is 0 Å². The van der Waals surface area contributed by atoms with Crippen LogP contribution in [0.4, 0.5) is 0 Å². The van der Waals surface area contributed by atoms with E-state index in [1.807, 2.05) is 20.8 Å². The van der Waals surface area contributed by atoms with Gasteiger partial charge in [-0.1, -0.05) is 100 Å². The van der Waals surface area contributed by atoms with Gasteiger partial charge in [0.15, 0.2) is 0 Å². The zero-order chi connectivity index (χ0) is 39.6. The summed E-state index contributed by atoms with van der Waals surface area (Å²) < 4.78 is 15.9. The summed E-state index contributed by atoms with van der Waals surface area (Å²) in [5.41, 5.74) is 14.2. The van der Waals surface area contributed by atoms with E-state index in [4.69, 9.17) is 36.0 Å². The molecule has 0 bridgehead atoms. The first kappa shape index (κ1) is 45.1. The van der Waals surface area contributed by atoms with Crippen LogP contribution < -0.4 is 17.2 Å². The minimum Gasteiger partial charge on any atom is -0.460 e. The molecular weight excluding hydrogens is 684 g/mol. The van der Waals surface area contributed by atoms with Gasteiger partial charge in [0.1, 0.15) is 11.2 Å². The van der Waals surface area contributed by atoms with Crippen LogP contribution in [-0.4, -0.2) is 56.9 Å². The number of ether oxygens (including phenoxy) is 2. The highest BCUT2D eigenvalue weighted by molar-refractivity contribution is 6.36. The van der Waals surface area contributed by atoms with Crippen molar-refractivity contribution in [1.29, 1.82) is 0 Å². The van der Waals surface area contributed by atoms with Crippen molar-refractivity contribution in [1.82, 2.24) is 10.1 Å². The first-order valence-electron chi connectivity index (χ1n) is 19.2. The number of amides is 2. The maximum atomic E-state index is 12.3. The number of carbonyl (C=O) groups is 5. The fourth-order valence-electron chi connectivity index (χ4n) is 6.76. The van der Waals surface area contributed by atoms with Crippen molar-refractivity contribution >= 4 is 35.6 Å². The third-order valence-corrected chi connectivity index (χ3v) is 9.28. The van der Waals surface area contributed by atoms with E-state index in [0.29, 0.717) is 12.3 Å². The normalized spacial score (nSPS) is 17.1. The van der Waals surface area contributed by atoms with Gasteiger partial charge in [-0.25, -0.2) is 4.79 Å². The molecule has 2 aliphatic rings. The summed E-state index contributed by atoms with van der Waals surface area (Å²) in [6.07, 6.45) is 18.1. The lowest BCUT2D eigenvalue weighted by molar-refractivity contribution is -0.162. The Labute approximate surface area is 314 Å². The average molecular weight is 749 g/mol. The van der Waals surface area contributed by atoms with Crippen LogP contribution in [0, 0.1) is 17.8 Å². The maximum absolute atomic E-state index is 12.3. The van der Waals surface area contributed by atoms with Gasteiger partial charge >= 0.3 is 17.9 Å². The number of amidine groups is 1. The number of rotatable bonds is 16. The molecule has 0 aliphatic heterocycles. The van der Waals surface area contributed by atoms with E-state index in [9.17, 15) is 24.0 Å². The number of esters is 2. The number of carbonyl (C=O) groups excluding carboxylic acids is 5. The Morgan fingerprint density at radius 2 is 1.25 bits per heavy atom. The molecule has 2 fully saturated rings. The Hall–Kier alpha value is -4.04. The average Bonchev–Trinajstić information content (AvgIpc) is 3.57. The van der Waals surface area contributed by atoms with Crippen molar-refractivity contribution in [3.05, 3.63) is 11.7 Å². The Bertz CT molecular complexity index is 1350. The minimum atomic E-state index is -0.983. The minimum absolute atomic E-state index is 0.104. The van der Waals surface area contributed by atoms with Crippen LogP contribution in [0.1, 0.15) is 180 Å². The standard InChI is InChI=1S/C19H33N3O5.C19H31N3O4/c1-19(2,3)26-15(23)12-14(18(25)27-22-16(20)17(21)24)11-7-10-13-8-5-4-6-9-13;1-19(2,3)25-15(23)12-14(18-21-17(16(20)24)22-26-18)11-7-10-13-8-5-4-6-9-13/h13-14H,4-12H2,1-3H3,(H2,20,22)(H2,21,24);13-14H,4-12H2,1-3H3,(H2,20,24)/t2*14-/m11/s1. The zero-order valence-electron chi connectivity index (χ0n) is 32.8. The third-order valence-electron chi connectivity index (χ3n) is 9.28. The molecule has 0 unspecified atom stereocenters. The Balaban J connectivity index is 0.000000367. The summed E-state index contributed by atoms with van der Waals surface area (Å²) in [4.78, 5) is 67.5. The van der Waals surface area contributed by atoms with Crippen LogP contribution >= 0.6 is 0 Å². The molecule has 1 heterocycles. The topological polar surface area (TPSA) is 242 Å². The molecule has 3 rings (SSSR count). The van der Waals surface area contributed by atoms with Crippen molar-refractivity contribution in [2.45, 2.75) is 174 Å². The molecule has 1 aromatic heterocycles. The van der Waals surface area contributed by atoms with Crippen molar-refractivity contribution in [2.24, 2.45) is 40.1 Å². The van der Waals surface area contributed by atoms with E-state index in [1.54, 1.807) is 20.8 Å². The molecule has 0 saturated heterocycles. The van der Waals surface area contributed by atoms with Crippen LogP contribution in [-0.2, 0) is 33.5 Å². The lowest BCUT2D eigenvalue weighted by atomic mass is 9.84. The highest BCUT2D eigenvalue weighted by Crippen LogP contribution is 2.32. The molecule has 1 aromatic rings. The van der Waals surface area contributed by atoms with E-state index in [0.717, 1.165) is 38.0 Å². The predicted molar refractivity (Wildman–Crippen MR) is 198 cm³/mol. The molecule has 15 heteroatoms. The van der Waals surface area contributed by atoms with E-state index >= 15 is 0 Å². The van der Waals surface area contributed by atoms with Crippen molar-refractivity contribution < 1.29 is 42.8 Å². The first-order valence-corrected chi connectivity index (χ1v) is 19.2. The van der Waals surface area contributed by atoms with Crippen molar-refractivity contribution in [3.8, 4) is 0 Å². The molecule has 2 aliphatic carbocycles. The summed E-state index contributed by atoms with van der Waals surface area (Å²) in [7, 11) is 0. The summed E-state index contributed by atoms with van der Waals surface area (Å²) in [5, 5.41) is 6.85. The van der Waals surface area contributed by atoms with Gasteiger partial charge in [0, 0.05) is 5.92 Å². The van der Waals surface area contributed by atoms with Gasteiger partial charge < -0.3 is 36.0 Å². The van der Waals surface area contributed by atoms with Gasteiger partial charge in [-0.2, -0.15) is 4.98 Å². The molecule has 300 valence electrons. The van der Waals surface area contributed by atoms with Crippen LogP contribution in [0.15, 0.2) is 9.68 Å². The summed E-state index contributed by atoms with van der Waals surface area (Å²) in [5.74, 6) is -3.18. The van der Waals surface area contributed by atoms with Crippen LogP contribution in [0.25, 0.3) is 0 Å². The largest absolute Gasteiger partial charge is 0.460 e. The highest BCUT2D eigenvalue weighted by atomic mass is 16.7. The van der Waals surface area contributed by atoms with Crippen molar-refractivity contribution in [2.75, 3.05) is 0 Å². The van der Waals surface area contributed by atoms with Crippen LogP contribution in [0.2, 0.25) is 0 Å². The van der Waals surface area contributed by atoms with Crippen LogP contribution in [0.5, 0.6) is 0 Å².